The normalized spacial score (nSPS) is 14.9. The van der Waals surface area contributed by atoms with Crippen LogP contribution in [0.2, 0.25) is 5.02 Å². The van der Waals surface area contributed by atoms with E-state index >= 15 is 0 Å². The molecule has 2 aromatic rings. The summed E-state index contributed by atoms with van der Waals surface area (Å²) in [5.41, 5.74) is 1.76. The number of nitrogens with zero attached hydrogens (tertiary/aromatic N) is 1. The lowest BCUT2D eigenvalue weighted by molar-refractivity contribution is -0.119. The lowest BCUT2D eigenvalue weighted by Gasteiger charge is -2.15. The maximum atomic E-state index is 13.0. The fraction of sp³-hybridized carbons (Fsp3) is 0.158. The van der Waals surface area contributed by atoms with Crippen molar-refractivity contribution in [1.82, 2.24) is 0 Å². The maximum Gasteiger partial charge on any atom is 0.272 e. The summed E-state index contributed by atoms with van der Waals surface area (Å²) in [7, 11) is 0. The summed E-state index contributed by atoms with van der Waals surface area (Å²) in [5.74, 6) is -0.573. The molecule has 2 aromatic carbocycles. The topological polar surface area (TPSA) is 37.4 Å². The molecule has 0 aliphatic carbocycles. The van der Waals surface area contributed by atoms with Gasteiger partial charge in [0.15, 0.2) is 0 Å². The van der Waals surface area contributed by atoms with Crippen molar-refractivity contribution in [3.05, 3.63) is 70.1 Å². The van der Waals surface area contributed by atoms with Crippen LogP contribution in [0.1, 0.15) is 19.4 Å². The lowest BCUT2D eigenvalue weighted by atomic mass is 10.1. The number of thioether (sulfide) groups is 1. The molecule has 0 bridgehead atoms. The van der Waals surface area contributed by atoms with Gasteiger partial charge in [-0.05, 0) is 29.8 Å². The summed E-state index contributed by atoms with van der Waals surface area (Å²) >= 11 is 7.33. The Morgan fingerprint density at radius 2 is 1.54 bits per heavy atom. The molecule has 5 heteroatoms. The first-order valence-electron chi connectivity index (χ1n) is 7.59. The monoisotopic (exact) mass is 357 g/mol. The van der Waals surface area contributed by atoms with Crippen molar-refractivity contribution in [3.8, 4) is 0 Å². The Bertz CT molecular complexity index is 813. The molecule has 0 radical (unpaired) electrons. The third-order valence-corrected chi connectivity index (χ3v) is 4.88. The highest BCUT2D eigenvalue weighted by atomic mass is 35.5. The van der Waals surface area contributed by atoms with E-state index in [9.17, 15) is 9.59 Å². The number of halogens is 1. The highest BCUT2D eigenvalue weighted by Crippen LogP contribution is 2.39. The summed E-state index contributed by atoms with van der Waals surface area (Å²) in [6.45, 7) is 4.01. The zero-order chi connectivity index (χ0) is 17.3. The van der Waals surface area contributed by atoms with Crippen LogP contribution in [0.4, 0.5) is 5.69 Å². The van der Waals surface area contributed by atoms with E-state index in [1.165, 1.54) is 16.7 Å². The number of hydrogen-bond donors (Lipinski definition) is 0. The fourth-order valence-corrected chi connectivity index (χ4v) is 3.65. The molecule has 3 rings (SSSR count). The second kappa shape index (κ2) is 6.83. The minimum atomic E-state index is -0.295. The maximum absolute atomic E-state index is 13.0. The molecule has 1 aliphatic heterocycles. The van der Waals surface area contributed by atoms with E-state index in [0.717, 1.165) is 5.56 Å². The molecule has 0 unspecified atom stereocenters. The molecule has 0 N–H and O–H groups in total. The van der Waals surface area contributed by atoms with Crippen LogP contribution in [0.25, 0.3) is 5.57 Å². The predicted molar refractivity (Wildman–Crippen MR) is 100 cm³/mol. The number of hydrogen-bond acceptors (Lipinski definition) is 3. The Morgan fingerprint density at radius 1 is 0.917 bits per heavy atom. The lowest BCUT2D eigenvalue weighted by Crippen LogP contribution is -2.31. The first-order chi connectivity index (χ1) is 11.5. The number of rotatable bonds is 4. The zero-order valence-electron chi connectivity index (χ0n) is 13.3. The van der Waals surface area contributed by atoms with Crippen LogP contribution >= 0.6 is 23.4 Å². The number of carbonyl (C=O) groups excluding carboxylic acids is 2. The minimum absolute atomic E-state index is 0.195. The smallest absolute Gasteiger partial charge is 0.268 e. The highest BCUT2D eigenvalue weighted by molar-refractivity contribution is 8.04. The first kappa shape index (κ1) is 16.8. The fourth-order valence-electron chi connectivity index (χ4n) is 2.54. The molecule has 0 saturated carbocycles. The van der Waals surface area contributed by atoms with Gasteiger partial charge in [-0.15, -0.1) is 11.8 Å². The summed E-state index contributed by atoms with van der Waals surface area (Å²) in [5, 5.41) is 0.756. The van der Waals surface area contributed by atoms with Gasteiger partial charge in [0.1, 0.15) is 0 Å². The largest absolute Gasteiger partial charge is 0.272 e. The molecule has 0 fully saturated rings. The van der Waals surface area contributed by atoms with Crippen LogP contribution in [0.3, 0.4) is 0 Å². The quantitative estimate of drug-likeness (QED) is 0.740. The highest BCUT2D eigenvalue weighted by Gasteiger charge is 2.40. The molecule has 24 heavy (non-hydrogen) atoms. The first-order valence-corrected chi connectivity index (χ1v) is 8.85. The second-order valence-corrected chi connectivity index (χ2v) is 7.68. The molecule has 0 spiro atoms. The van der Waals surface area contributed by atoms with Crippen molar-refractivity contribution < 1.29 is 9.59 Å². The average molecular weight is 358 g/mol. The summed E-state index contributed by atoms with van der Waals surface area (Å²) < 4.78 is 0. The molecule has 1 heterocycles. The van der Waals surface area contributed by atoms with Crippen LogP contribution in [0, 0.1) is 0 Å². The van der Waals surface area contributed by atoms with E-state index in [4.69, 9.17) is 11.6 Å². The molecule has 0 atom stereocenters. The van der Waals surface area contributed by atoms with Crippen molar-refractivity contribution in [2.24, 2.45) is 0 Å². The number of amides is 2. The number of benzene rings is 2. The van der Waals surface area contributed by atoms with Gasteiger partial charge in [0.25, 0.3) is 11.8 Å². The molecule has 3 nitrogen and oxygen atoms in total. The third-order valence-electron chi connectivity index (χ3n) is 3.54. The SMILES string of the molecule is CC(C)SC1=C(c2ccccc2)C(=O)N(c2ccc(Cl)cc2)C1=O. The second-order valence-electron chi connectivity index (χ2n) is 5.66. The molecule has 0 saturated heterocycles. The van der Waals surface area contributed by atoms with Gasteiger partial charge in [0.2, 0.25) is 0 Å². The van der Waals surface area contributed by atoms with Crippen molar-refractivity contribution in [1.29, 1.82) is 0 Å². The van der Waals surface area contributed by atoms with E-state index in [1.807, 2.05) is 44.2 Å². The van der Waals surface area contributed by atoms with Gasteiger partial charge in [0.05, 0.1) is 16.2 Å². The Kier molecular flexibility index (Phi) is 4.78. The number of anilines is 1. The van der Waals surface area contributed by atoms with Crippen molar-refractivity contribution in [2.45, 2.75) is 19.1 Å². The van der Waals surface area contributed by atoms with Crippen LogP contribution in [0.5, 0.6) is 0 Å². The molecular weight excluding hydrogens is 342 g/mol. The van der Waals surface area contributed by atoms with Crippen molar-refractivity contribution in [3.63, 3.8) is 0 Å². The van der Waals surface area contributed by atoms with Crippen molar-refractivity contribution >= 4 is 46.4 Å². The third kappa shape index (κ3) is 3.12. The number of carbonyl (C=O) groups is 2. The van der Waals surface area contributed by atoms with Crippen LogP contribution in [0.15, 0.2) is 59.5 Å². The van der Waals surface area contributed by atoms with E-state index in [0.29, 0.717) is 21.2 Å². The van der Waals surface area contributed by atoms with Crippen LogP contribution < -0.4 is 4.90 Å². The van der Waals surface area contributed by atoms with Gasteiger partial charge >= 0.3 is 0 Å². The Morgan fingerprint density at radius 3 is 2.12 bits per heavy atom. The van der Waals surface area contributed by atoms with Crippen LogP contribution in [-0.2, 0) is 9.59 Å². The number of imide groups is 1. The molecule has 0 aromatic heterocycles. The van der Waals surface area contributed by atoms with Gasteiger partial charge in [0, 0.05) is 10.3 Å². The Labute approximate surface area is 150 Å². The van der Waals surface area contributed by atoms with E-state index in [1.54, 1.807) is 24.3 Å². The standard InChI is InChI=1S/C19H16ClNO2S/c1-12(2)24-17-16(13-6-4-3-5-7-13)18(22)21(19(17)23)15-10-8-14(20)9-11-15/h3-12H,1-2H3. The van der Waals surface area contributed by atoms with E-state index in [2.05, 4.69) is 0 Å². The van der Waals surface area contributed by atoms with Crippen molar-refractivity contribution in [2.75, 3.05) is 4.90 Å². The van der Waals surface area contributed by atoms with Gasteiger partial charge in [-0.2, -0.15) is 0 Å². The molecule has 2 amide bonds. The molecule has 122 valence electrons. The molecular formula is C19H16ClNO2S. The summed E-state index contributed by atoms with van der Waals surface area (Å²) in [6.07, 6.45) is 0. The average Bonchev–Trinajstić information content (AvgIpc) is 2.79. The van der Waals surface area contributed by atoms with Gasteiger partial charge in [-0.1, -0.05) is 55.8 Å². The summed E-state index contributed by atoms with van der Waals surface area (Å²) in [4.78, 5) is 27.6. The van der Waals surface area contributed by atoms with E-state index < -0.39 is 0 Å². The summed E-state index contributed by atoms with van der Waals surface area (Å²) in [6, 6.07) is 16.0. The predicted octanol–water partition coefficient (Wildman–Crippen LogP) is 4.77. The van der Waals surface area contributed by atoms with Gasteiger partial charge in [-0.25, -0.2) is 4.90 Å². The minimum Gasteiger partial charge on any atom is -0.268 e. The van der Waals surface area contributed by atoms with Crippen LogP contribution in [-0.4, -0.2) is 17.1 Å². The Balaban J connectivity index is 2.09. The Hall–Kier alpha value is -2.04. The van der Waals surface area contributed by atoms with E-state index in [-0.39, 0.29) is 17.1 Å². The molecule has 1 aliphatic rings. The zero-order valence-corrected chi connectivity index (χ0v) is 14.9. The van der Waals surface area contributed by atoms with Gasteiger partial charge in [-0.3, -0.25) is 9.59 Å². The van der Waals surface area contributed by atoms with Gasteiger partial charge < -0.3 is 0 Å².